The molecule has 2 rings (SSSR count). The first-order valence-electron chi connectivity index (χ1n) is 6.13. The van der Waals surface area contributed by atoms with Gasteiger partial charge in [-0.2, -0.15) is 5.26 Å². The van der Waals surface area contributed by atoms with Crippen LogP contribution in [0.5, 0.6) is 0 Å². The number of anilines is 1. The Morgan fingerprint density at radius 3 is 2.60 bits per heavy atom. The summed E-state index contributed by atoms with van der Waals surface area (Å²) in [6, 6.07) is 13.0. The van der Waals surface area contributed by atoms with E-state index in [1.165, 1.54) is 12.1 Å². The maximum Gasteiger partial charge on any atom is 0.228 e. The number of nitriles is 1. The molecule has 1 N–H and O–H groups in total. The average molecular weight is 268 g/mol. The van der Waals surface area contributed by atoms with E-state index in [0.717, 1.165) is 11.1 Å². The van der Waals surface area contributed by atoms with Crippen molar-refractivity contribution in [1.29, 1.82) is 5.26 Å². The smallest absolute Gasteiger partial charge is 0.228 e. The second-order valence-corrected chi connectivity index (χ2v) is 4.49. The molecule has 4 heteroatoms. The summed E-state index contributed by atoms with van der Waals surface area (Å²) in [7, 11) is 0. The predicted octanol–water partition coefficient (Wildman–Crippen LogP) is 3.19. The van der Waals surface area contributed by atoms with Crippen LogP contribution in [0.15, 0.2) is 42.5 Å². The van der Waals surface area contributed by atoms with Crippen molar-refractivity contribution in [3.8, 4) is 6.07 Å². The molecule has 0 unspecified atom stereocenters. The van der Waals surface area contributed by atoms with Crippen molar-refractivity contribution in [2.75, 3.05) is 5.32 Å². The molecular weight excluding hydrogens is 255 g/mol. The molecule has 3 nitrogen and oxygen atoms in total. The van der Waals surface area contributed by atoms with Crippen LogP contribution in [-0.4, -0.2) is 5.91 Å². The van der Waals surface area contributed by atoms with Crippen molar-refractivity contribution in [2.45, 2.75) is 13.3 Å². The third-order valence-electron chi connectivity index (χ3n) is 2.92. The van der Waals surface area contributed by atoms with Crippen molar-refractivity contribution in [3.63, 3.8) is 0 Å². The van der Waals surface area contributed by atoms with Gasteiger partial charge in [-0.3, -0.25) is 4.79 Å². The topological polar surface area (TPSA) is 52.9 Å². The van der Waals surface area contributed by atoms with Gasteiger partial charge >= 0.3 is 0 Å². The number of carbonyl (C=O) groups excluding carboxylic acids is 1. The van der Waals surface area contributed by atoms with E-state index in [2.05, 4.69) is 5.32 Å². The average Bonchev–Trinajstić information content (AvgIpc) is 2.44. The molecule has 0 aliphatic heterocycles. The Kier molecular flexibility index (Phi) is 4.11. The molecule has 0 saturated heterocycles. The zero-order valence-electron chi connectivity index (χ0n) is 11.0. The third-order valence-corrected chi connectivity index (χ3v) is 2.92. The number of rotatable bonds is 3. The standard InChI is InChI=1S/C16H13FN2O/c1-11-2-3-13(10-18)8-15(11)19-16(20)9-12-4-6-14(17)7-5-12/h2-8H,9H2,1H3,(H,19,20). The molecule has 2 aromatic carbocycles. The first-order valence-corrected chi connectivity index (χ1v) is 6.13. The molecular formula is C16H13FN2O. The molecule has 0 spiro atoms. The van der Waals surface area contributed by atoms with E-state index < -0.39 is 0 Å². The van der Waals surface area contributed by atoms with E-state index in [9.17, 15) is 9.18 Å². The Balaban J connectivity index is 2.08. The van der Waals surface area contributed by atoms with E-state index in [0.29, 0.717) is 11.3 Å². The van der Waals surface area contributed by atoms with Crippen LogP contribution in [0.2, 0.25) is 0 Å². The van der Waals surface area contributed by atoms with Crippen molar-refractivity contribution in [2.24, 2.45) is 0 Å². The fourth-order valence-corrected chi connectivity index (χ4v) is 1.81. The van der Waals surface area contributed by atoms with Gasteiger partial charge in [-0.15, -0.1) is 0 Å². The minimum Gasteiger partial charge on any atom is -0.326 e. The Labute approximate surface area is 116 Å². The SMILES string of the molecule is Cc1ccc(C#N)cc1NC(=O)Cc1ccc(F)cc1. The maximum atomic E-state index is 12.8. The molecule has 1 amide bonds. The fourth-order valence-electron chi connectivity index (χ4n) is 1.81. The summed E-state index contributed by atoms with van der Waals surface area (Å²) in [6.07, 6.45) is 0.163. The number of hydrogen-bond acceptors (Lipinski definition) is 2. The van der Waals surface area contributed by atoms with Crippen LogP contribution in [-0.2, 0) is 11.2 Å². The van der Waals surface area contributed by atoms with Crippen molar-refractivity contribution >= 4 is 11.6 Å². The second-order valence-electron chi connectivity index (χ2n) is 4.49. The van der Waals surface area contributed by atoms with Crippen LogP contribution in [0.4, 0.5) is 10.1 Å². The van der Waals surface area contributed by atoms with Gasteiger partial charge in [0.25, 0.3) is 0 Å². The fraction of sp³-hybridized carbons (Fsp3) is 0.125. The van der Waals surface area contributed by atoms with E-state index in [4.69, 9.17) is 5.26 Å². The van der Waals surface area contributed by atoms with Crippen LogP contribution < -0.4 is 5.32 Å². The zero-order chi connectivity index (χ0) is 14.5. The Hall–Kier alpha value is -2.67. The predicted molar refractivity (Wildman–Crippen MR) is 74.6 cm³/mol. The van der Waals surface area contributed by atoms with Gasteiger partial charge in [0, 0.05) is 5.69 Å². The number of hydrogen-bond donors (Lipinski definition) is 1. The molecule has 0 atom stereocenters. The zero-order valence-corrected chi connectivity index (χ0v) is 11.0. The number of aryl methyl sites for hydroxylation is 1. The van der Waals surface area contributed by atoms with E-state index in [1.54, 1.807) is 30.3 Å². The number of nitrogens with one attached hydrogen (secondary N) is 1. The normalized spacial score (nSPS) is 9.85. The molecule has 0 aliphatic rings. The van der Waals surface area contributed by atoms with Gasteiger partial charge in [-0.05, 0) is 42.3 Å². The number of carbonyl (C=O) groups is 1. The summed E-state index contributed by atoms with van der Waals surface area (Å²) in [5.41, 5.74) is 2.73. The lowest BCUT2D eigenvalue weighted by Gasteiger charge is -2.08. The monoisotopic (exact) mass is 268 g/mol. The summed E-state index contributed by atoms with van der Waals surface area (Å²) < 4.78 is 12.8. The summed E-state index contributed by atoms with van der Waals surface area (Å²) in [5.74, 6) is -0.526. The first kappa shape index (κ1) is 13.8. The number of nitrogens with zero attached hydrogens (tertiary/aromatic N) is 1. The Morgan fingerprint density at radius 2 is 1.95 bits per heavy atom. The van der Waals surface area contributed by atoms with Crippen molar-refractivity contribution in [1.82, 2.24) is 0 Å². The van der Waals surface area contributed by atoms with E-state index in [1.807, 2.05) is 13.0 Å². The molecule has 0 heterocycles. The van der Waals surface area contributed by atoms with E-state index in [-0.39, 0.29) is 18.1 Å². The molecule has 0 fully saturated rings. The van der Waals surface area contributed by atoms with Gasteiger partial charge in [0.15, 0.2) is 0 Å². The number of halogens is 1. The van der Waals surface area contributed by atoms with Crippen LogP contribution in [0, 0.1) is 24.1 Å². The van der Waals surface area contributed by atoms with Gasteiger partial charge in [-0.1, -0.05) is 18.2 Å². The van der Waals surface area contributed by atoms with Gasteiger partial charge in [0.1, 0.15) is 5.82 Å². The van der Waals surface area contributed by atoms with Crippen LogP contribution in [0.1, 0.15) is 16.7 Å². The van der Waals surface area contributed by atoms with Crippen LogP contribution in [0.25, 0.3) is 0 Å². The summed E-state index contributed by atoms with van der Waals surface area (Å²) in [5, 5.41) is 11.6. The second kappa shape index (κ2) is 5.98. The Bertz CT molecular complexity index is 672. The molecule has 0 saturated carbocycles. The lowest BCUT2D eigenvalue weighted by Crippen LogP contribution is -2.15. The summed E-state index contributed by atoms with van der Waals surface area (Å²) in [4.78, 5) is 11.9. The first-order chi connectivity index (χ1) is 9.58. The molecule has 2 aromatic rings. The minimum absolute atomic E-state index is 0.163. The van der Waals surface area contributed by atoms with E-state index >= 15 is 0 Å². The highest BCUT2D eigenvalue weighted by molar-refractivity contribution is 5.93. The van der Waals surface area contributed by atoms with Crippen molar-refractivity contribution < 1.29 is 9.18 Å². The van der Waals surface area contributed by atoms with Crippen LogP contribution >= 0.6 is 0 Å². The van der Waals surface area contributed by atoms with Gasteiger partial charge in [0.05, 0.1) is 18.1 Å². The molecule has 20 heavy (non-hydrogen) atoms. The number of amides is 1. The highest BCUT2D eigenvalue weighted by Gasteiger charge is 2.07. The molecule has 0 radical (unpaired) electrons. The minimum atomic E-state index is -0.327. The van der Waals surface area contributed by atoms with Crippen molar-refractivity contribution in [3.05, 3.63) is 65.0 Å². The van der Waals surface area contributed by atoms with Gasteiger partial charge in [0.2, 0.25) is 5.91 Å². The number of benzene rings is 2. The quantitative estimate of drug-likeness (QED) is 0.929. The largest absolute Gasteiger partial charge is 0.326 e. The lowest BCUT2D eigenvalue weighted by molar-refractivity contribution is -0.115. The van der Waals surface area contributed by atoms with Crippen LogP contribution in [0.3, 0.4) is 0 Å². The van der Waals surface area contributed by atoms with Gasteiger partial charge in [-0.25, -0.2) is 4.39 Å². The molecule has 100 valence electrons. The highest BCUT2D eigenvalue weighted by Crippen LogP contribution is 2.17. The molecule has 0 aliphatic carbocycles. The summed E-state index contributed by atoms with van der Waals surface area (Å²) >= 11 is 0. The Morgan fingerprint density at radius 1 is 1.25 bits per heavy atom. The highest BCUT2D eigenvalue weighted by atomic mass is 19.1. The van der Waals surface area contributed by atoms with Gasteiger partial charge < -0.3 is 5.32 Å². The molecule has 0 aromatic heterocycles. The maximum absolute atomic E-state index is 12.8. The molecule has 0 bridgehead atoms. The lowest BCUT2D eigenvalue weighted by atomic mass is 10.1. The summed E-state index contributed by atoms with van der Waals surface area (Å²) in [6.45, 7) is 1.86. The third kappa shape index (κ3) is 3.42.